The maximum atomic E-state index is 5.92. The van der Waals surface area contributed by atoms with Crippen molar-refractivity contribution in [1.82, 2.24) is 5.06 Å². The van der Waals surface area contributed by atoms with Gasteiger partial charge < -0.3 is 11.5 Å². The van der Waals surface area contributed by atoms with Crippen molar-refractivity contribution in [2.45, 2.75) is 19.7 Å². The van der Waals surface area contributed by atoms with Gasteiger partial charge in [0.25, 0.3) is 0 Å². The molecule has 0 saturated carbocycles. The minimum Gasteiger partial charge on any atom is -0.368 e. The van der Waals surface area contributed by atoms with Gasteiger partial charge in [-0.3, -0.25) is 4.84 Å². The molecule has 1 atom stereocenters. The van der Waals surface area contributed by atoms with Gasteiger partial charge in [-0.25, -0.2) is 4.99 Å². The maximum Gasteiger partial charge on any atom is 0.225 e. The van der Waals surface area contributed by atoms with E-state index in [9.17, 15) is 0 Å². The minimum absolute atomic E-state index is 0.138. The molecule has 0 aliphatic carbocycles. The number of aliphatic imine (C=N–C) groups is 2. The average molecular weight is 302 g/mol. The second-order valence-electron chi connectivity index (χ2n) is 3.94. The Morgan fingerprint density at radius 1 is 1.32 bits per heavy atom. The van der Waals surface area contributed by atoms with Crippen molar-refractivity contribution in [2.75, 3.05) is 0 Å². The Bertz CT molecular complexity index is 546. The summed E-state index contributed by atoms with van der Waals surface area (Å²) in [5.74, 6) is 0.305. The van der Waals surface area contributed by atoms with Crippen LogP contribution in [0.5, 0.6) is 0 Å². The number of hydrogen-bond donors (Lipinski definition) is 2. The van der Waals surface area contributed by atoms with Crippen molar-refractivity contribution in [3.63, 3.8) is 0 Å². The SMILES string of the molecule is CC1N=C(N)N=C(N)N1OCc1ccc(Cl)c(Cl)c1. The first kappa shape index (κ1) is 13.9. The van der Waals surface area contributed by atoms with Crippen LogP contribution in [0.4, 0.5) is 0 Å². The third-order valence-corrected chi connectivity index (χ3v) is 3.21. The van der Waals surface area contributed by atoms with Crippen molar-refractivity contribution in [3.05, 3.63) is 33.8 Å². The highest BCUT2D eigenvalue weighted by Gasteiger charge is 2.21. The number of hydrogen-bond acceptors (Lipinski definition) is 6. The molecule has 8 heteroatoms. The molecule has 2 rings (SSSR count). The van der Waals surface area contributed by atoms with Gasteiger partial charge in [0.2, 0.25) is 11.9 Å². The van der Waals surface area contributed by atoms with Crippen LogP contribution in [0.25, 0.3) is 0 Å². The largest absolute Gasteiger partial charge is 0.368 e. The monoisotopic (exact) mass is 301 g/mol. The van der Waals surface area contributed by atoms with E-state index in [1.807, 2.05) is 6.07 Å². The van der Waals surface area contributed by atoms with Crippen LogP contribution in [0.1, 0.15) is 12.5 Å². The van der Waals surface area contributed by atoms with Crippen LogP contribution in [0.3, 0.4) is 0 Å². The number of halogens is 2. The summed E-state index contributed by atoms with van der Waals surface area (Å²) in [5, 5.41) is 2.35. The van der Waals surface area contributed by atoms with Crippen LogP contribution < -0.4 is 11.5 Å². The standard InChI is InChI=1S/C11H13Cl2N5O/c1-6-16-10(14)17-11(15)18(6)19-5-7-2-3-8(12)9(13)4-7/h2-4,6H,5H2,1H3,(H4,14,15,16,17). The fraction of sp³-hybridized carbons (Fsp3) is 0.273. The summed E-state index contributed by atoms with van der Waals surface area (Å²) in [4.78, 5) is 13.4. The Morgan fingerprint density at radius 2 is 2.05 bits per heavy atom. The number of nitrogens with zero attached hydrogens (tertiary/aromatic N) is 3. The van der Waals surface area contributed by atoms with Crippen molar-refractivity contribution >= 4 is 35.1 Å². The molecule has 0 aromatic heterocycles. The number of hydroxylamine groups is 2. The number of rotatable bonds is 3. The average Bonchev–Trinajstić information content (AvgIpc) is 2.32. The molecule has 0 fully saturated rings. The van der Waals surface area contributed by atoms with Gasteiger partial charge in [-0.2, -0.15) is 10.1 Å². The Labute approximate surface area is 120 Å². The molecular weight excluding hydrogens is 289 g/mol. The number of guanidine groups is 2. The summed E-state index contributed by atoms with van der Waals surface area (Å²) >= 11 is 11.8. The highest BCUT2D eigenvalue weighted by Crippen LogP contribution is 2.23. The van der Waals surface area contributed by atoms with E-state index in [1.54, 1.807) is 19.1 Å². The summed E-state index contributed by atoms with van der Waals surface area (Å²) in [6, 6.07) is 5.24. The molecule has 1 aromatic rings. The fourth-order valence-corrected chi connectivity index (χ4v) is 1.90. The molecule has 102 valence electrons. The van der Waals surface area contributed by atoms with Gasteiger partial charge >= 0.3 is 0 Å². The second-order valence-corrected chi connectivity index (χ2v) is 4.75. The molecule has 0 spiro atoms. The van der Waals surface area contributed by atoms with Crippen LogP contribution in [-0.4, -0.2) is 23.1 Å². The van der Waals surface area contributed by atoms with Gasteiger partial charge in [0, 0.05) is 0 Å². The van der Waals surface area contributed by atoms with E-state index in [0.29, 0.717) is 10.0 Å². The molecule has 0 amide bonds. The number of benzene rings is 1. The van der Waals surface area contributed by atoms with E-state index in [-0.39, 0.29) is 24.7 Å². The van der Waals surface area contributed by atoms with Crippen molar-refractivity contribution in [2.24, 2.45) is 21.5 Å². The molecule has 1 aliphatic heterocycles. The maximum absolute atomic E-state index is 5.92. The predicted octanol–water partition coefficient (Wildman–Crippen LogP) is 1.72. The second kappa shape index (κ2) is 5.64. The van der Waals surface area contributed by atoms with Crippen LogP contribution in [0.2, 0.25) is 10.0 Å². The Morgan fingerprint density at radius 3 is 2.68 bits per heavy atom. The van der Waals surface area contributed by atoms with Gasteiger partial charge in [-0.1, -0.05) is 29.3 Å². The molecule has 1 heterocycles. The zero-order valence-corrected chi connectivity index (χ0v) is 11.7. The summed E-state index contributed by atoms with van der Waals surface area (Å²) in [6.45, 7) is 2.07. The molecule has 1 aromatic carbocycles. The van der Waals surface area contributed by atoms with E-state index in [0.717, 1.165) is 5.56 Å². The summed E-state index contributed by atoms with van der Waals surface area (Å²) < 4.78 is 0. The quantitative estimate of drug-likeness (QED) is 0.889. The Kier molecular flexibility index (Phi) is 4.14. The third kappa shape index (κ3) is 3.28. The normalized spacial score (nSPS) is 19.1. The molecule has 0 bridgehead atoms. The van der Waals surface area contributed by atoms with Gasteiger partial charge in [-0.15, -0.1) is 0 Å². The molecular formula is C11H13Cl2N5O. The van der Waals surface area contributed by atoms with E-state index < -0.39 is 0 Å². The van der Waals surface area contributed by atoms with Crippen LogP contribution in [0.15, 0.2) is 28.2 Å². The van der Waals surface area contributed by atoms with Crippen LogP contribution in [-0.2, 0) is 11.4 Å². The number of nitrogens with two attached hydrogens (primary N) is 2. The molecule has 19 heavy (non-hydrogen) atoms. The molecule has 1 aliphatic rings. The minimum atomic E-state index is -0.333. The van der Waals surface area contributed by atoms with Gasteiger partial charge in [0.05, 0.1) is 10.0 Å². The van der Waals surface area contributed by atoms with Gasteiger partial charge in [-0.05, 0) is 24.6 Å². The molecule has 4 N–H and O–H groups in total. The molecule has 0 saturated heterocycles. The molecule has 0 radical (unpaired) electrons. The summed E-state index contributed by atoms with van der Waals surface area (Å²) in [7, 11) is 0. The van der Waals surface area contributed by atoms with Gasteiger partial charge in [0.1, 0.15) is 12.8 Å². The van der Waals surface area contributed by atoms with Gasteiger partial charge in [0.15, 0.2) is 0 Å². The summed E-state index contributed by atoms with van der Waals surface area (Å²) in [6.07, 6.45) is -0.333. The van der Waals surface area contributed by atoms with Crippen molar-refractivity contribution in [1.29, 1.82) is 0 Å². The lowest BCUT2D eigenvalue weighted by molar-refractivity contribution is -0.135. The first-order valence-corrected chi connectivity index (χ1v) is 6.26. The Hall–Kier alpha value is -1.50. The zero-order valence-electron chi connectivity index (χ0n) is 10.2. The highest BCUT2D eigenvalue weighted by molar-refractivity contribution is 6.42. The summed E-state index contributed by atoms with van der Waals surface area (Å²) in [5.41, 5.74) is 12.1. The van der Waals surface area contributed by atoms with Crippen LogP contribution >= 0.6 is 23.2 Å². The van der Waals surface area contributed by atoms with Crippen LogP contribution in [0, 0.1) is 0 Å². The lowest BCUT2D eigenvalue weighted by Gasteiger charge is -2.28. The predicted molar refractivity (Wildman–Crippen MR) is 75.8 cm³/mol. The van der Waals surface area contributed by atoms with E-state index in [1.165, 1.54) is 5.06 Å². The molecule has 1 unspecified atom stereocenters. The smallest absolute Gasteiger partial charge is 0.225 e. The lowest BCUT2D eigenvalue weighted by Crippen LogP contribution is -2.46. The van der Waals surface area contributed by atoms with Crippen molar-refractivity contribution in [3.8, 4) is 0 Å². The topological polar surface area (TPSA) is 89.2 Å². The van der Waals surface area contributed by atoms with E-state index >= 15 is 0 Å². The molecule has 6 nitrogen and oxygen atoms in total. The Balaban J connectivity index is 2.03. The van der Waals surface area contributed by atoms with E-state index in [4.69, 9.17) is 39.5 Å². The third-order valence-electron chi connectivity index (χ3n) is 2.47. The first-order valence-electron chi connectivity index (χ1n) is 5.51. The first-order chi connectivity index (χ1) is 8.97. The van der Waals surface area contributed by atoms with Crippen molar-refractivity contribution < 1.29 is 4.84 Å². The van der Waals surface area contributed by atoms with E-state index in [2.05, 4.69) is 9.98 Å². The highest BCUT2D eigenvalue weighted by atomic mass is 35.5. The fourth-order valence-electron chi connectivity index (χ4n) is 1.58. The zero-order chi connectivity index (χ0) is 14.0. The lowest BCUT2D eigenvalue weighted by atomic mass is 10.2.